The quantitative estimate of drug-likeness (QED) is 0.621. The Labute approximate surface area is 174 Å². The number of hydrogen-bond donors (Lipinski definition) is 1. The number of carbonyl (C=O) groups excluding carboxylic acids is 1. The van der Waals surface area contributed by atoms with E-state index in [-0.39, 0.29) is 16.4 Å². The molecule has 0 spiro atoms. The number of nitrogens with zero attached hydrogens (tertiary/aromatic N) is 1. The van der Waals surface area contributed by atoms with E-state index in [2.05, 4.69) is 0 Å². The van der Waals surface area contributed by atoms with Crippen LogP contribution in [0.3, 0.4) is 0 Å². The van der Waals surface area contributed by atoms with Crippen molar-refractivity contribution in [2.75, 3.05) is 7.11 Å². The summed E-state index contributed by atoms with van der Waals surface area (Å²) in [6.07, 6.45) is 0. The van der Waals surface area contributed by atoms with Gasteiger partial charge in [0.1, 0.15) is 5.75 Å². The van der Waals surface area contributed by atoms with Gasteiger partial charge < -0.3 is 9.64 Å². The van der Waals surface area contributed by atoms with E-state index in [4.69, 9.17) is 9.88 Å². The third-order valence-corrected chi connectivity index (χ3v) is 6.42. The van der Waals surface area contributed by atoms with E-state index in [0.29, 0.717) is 24.4 Å². The maximum absolute atomic E-state index is 13.3. The molecule has 2 aromatic carbocycles. The first-order chi connectivity index (χ1) is 13.8. The zero-order valence-corrected chi connectivity index (χ0v) is 17.8. The lowest BCUT2D eigenvalue weighted by molar-refractivity contribution is 0.0730. The first-order valence-corrected chi connectivity index (χ1v) is 11.3. The third kappa shape index (κ3) is 5.03. The summed E-state index contributed by atoms with van der Waals surface area (Å²) < 4.78 is 29.1. The summed E-state index contributed by atoms with van der Waals surface area (Å²) in [5.74, 6) is 0.403. The number of methoxy groups -OCH3 is 1. The molecular weight excluding hydrogens is 408 g/mol. The Kier molecular flexibility index (Phi) is 6.36. The average Bonchev–Trinajstić information content (AvgIpc) is 3.20. The Balaban J connectivity index is 1.98. The van der Waals surface area contributed by atoms with Crippen LogP contribution < -0.4 is 9.88 Å². The molecule has 0 unspecified atom stereocenters. The minimum absolute atomic E-state index is 0.0447. The second-order valence-corrected chi connectivity index (χ2v) is 9.14. The van der Waals surface area contributed by atoms with E-state index >= 15 is 0 Å². The van der Waals surface area contributed by atoms with Crippen LogP contribution in [0.4, 0.5) is 0 Å². The van der Waals surface area contributed by atoms with Crippen molar-refractivity contribution >= 4 is 27.3 Å². The van der Waals surface area contributed by atoms with Gasteiger partial charge in [0.15, 0.2) is 0 Å². The largest absolute Gasteiger partial charge is 0.496 e. The Bertz CT molecular complexity index is 1110. The molecule has 29 heavy (non-hydrogen) atoms. The van der Waals surface area contributed by atoms with Gasteiger partial charge in [0.25, 0.3) is 5.91 Å². The monoisotopic (exact) mass is 430 g/mol. The molecule has 0 saturated carbocycles. The predicted molar refractivity (Wildman–Crippen MR) is 113 cm³/mol. The van der Waals surface area contributed by atoms with Crippen LogP contribution in [0.15, 0.2) is 64.9 Å². The standard InChI is InChI=1S/C21H22N2O4S2/c1-15-9-10-16(12-20(15)29(22,25)26)21(24)23(14-18-7-5-11-28-18)13-17-6-3-4-8-19(17)27-2/h3-12H,13-14H2,1-2H3,(H2,22,25,26). The number of amides is 1. The molecule has 2 N–H and O–H groups in total. The van der Waals surface area contributed by atoms with Gasteiger partial charge >= 0.3 is 0 Å². The van der Waals surface area contributed by atoms with E-state index in [1.54, 1.807) is 42.4 Å². The highest BCUT2D eigenvalue weighted by Crippen LogP contribution is 2.24. The highest BCUT2D eigenvalue weighted by atomic mass is 32.2. The molecule has 8 heteroatoms. The summed E-state index contributed by atoms with van der Waals surface area (Å²) >= 11 is 1.55. The fourth-order valence-electron chi connectivity index (χ4n) is 3.05. The van der Waals surface area contributed by atoms with Crippen molar-refractivity contribution in [2.45, 2.75) is 24.9 Å². The molecule has 6 nitrogen and oxygen atoms in total. The molecule has 3 rings (SSSR count). The van der Waals surface area contributed by atoms with Gasteiger partial charge in [-0.2, -0.15) is 0 Å². The molecule has 0 fully saturated rings. The van der Waals surface area contributed by atoms with Crippen molar-refractivity contribution in [2.24, 2.45) is 5.14 Å². The van der Waals surface area contributed by atoms with Crippen LogP contribution in [0.2, 0.25) is 0 Å². The van der Waals surface area contributed by atoms with Crippen molar-refractivity contribution < 1.29 is 17.9 Å². The molecule has 152 valence electrons. The molecule has 0 aliphatic carbocycles. The van der Waals surface area contributed by atoms with Crippen LogP contribution in [0.5, 0.6) is 5.75 Å². The molecule has 3 aromatic rings. The molecule has 1 heterocycles. The topological polar surface area (TPSA) is 89.7 Å². The van der Waals surface area contributed by atoms with Crippen molar-refractivity contribution in [1.29, 1.82) is 0 Å². The maximum Gasteiger partial charge on any atom is 0.254 e. The number of ether oxygens (including phenoxy) is 1. The number of carbonyl (C=O) groups is 1. The van der Waals surface area contributed by atoms with E-state index in [9.17, 15) is 13.2 Å². The van der Waals surface area contributed by atoms with Gasteiger partial charge in [-0.05, 0) is 42.1 Å². The number of rotatable bonds is 7. The molecule has 0 radical (unpaired) electrons. The van der Waals surface area contributed by atoms with Crippen LogP contribution in [0.1, 0.15) is 26.4 Å². The average molecular weight is 431 g/mol. The Morgan fingerprint density at radius 2 is 1.86 bits per heavy atom. The number of aryl methyl sites for hydroxylation is 1. The summed E-state index contributed by atoms with van der Waals surface area (Å²) in [5.41, 5.74) is 1.63. The second kappa shape index (κ2) is 8.77. The van der Waals surface area contributed by atoms with Crippen LogP contribution >= 0.6 is 11.3 Å². The number of para-hydroxylation sites is 1. The maximum atomic E-state index is 13.3. The van der Waals surface area contributed by atoms with Gasteiger partial charge in [-0.1, -0.05) is 30.3 Å². The zero-order valence-electron chi connectivity index (χ0n) is 16.2. The molecular formula is C21H22N2O4S2. The normalized spacial score (nSPS) is 11.3. The molecule has 0 saturated heterocycles. The zero-order chi connectivity index (χ0) is 21.0. The Hall–Kier alpha value is -2.68. The summed E-state index contributed by atoms with van der Waals surface area (Å²) in [4.78, 5) is 16.0. The lowest BCUT2D eigenvalue weighted by Crippen LogP contribution is -2.30. The van der Waals surface area contributed by atoms with Crippen molar-refractivity contribution in [3.63, 3.8) is 0 Å². The molecule has 0 bridgehead atoms. The molecule has 0 atom stereocenters. The van der Waals surface area contributed by atoms with E-state index in [1.165, 1.54) is 6.07 Å². The first kappa shape index (κ1) is 21.0. The smallest absolute Gasteiger partial charge is 0.254 e. The van der Waals surface area contributed by atoms with E-state index in [0.717, 1.165) is 10.4 Å². The number of thiophene rings is 1. The first-order valence-electron chi connectivity index (χ1n) is 8.86. The van der Waals surface area contributed by atoms with Crippen LogP contribution in [-0.2, 0) is 23.1 Å². The number of primary sulfonamides is 1. The van der Waals surface area contributed by atoms with Crippen molar-refractivity contribution in [1.82, 2.24) is 4.90 Å². The van der Waals surface area contributed by atoms with Gasteiger partial charge in [-0.3, -0.25) is 4.79 Å². The number of sulfonamides is 1. The summed E-state index contributed by atoms with van der Waals surface area (Å²) in [5, 5.41) is 7.26. The summed E-state index contributed by atoms with van der Waals surface area (Å²) in [6.45, 7) is 2.36. The summed E-state index contributed by atoms with van der Waals surface area (Å²) in [7, 11) is -2.34. The summed E-state index contributed by atoms with van der Waals surface area (Å²) in [6, 6.07) is 15.9. The lowest BCUT2D eigenvalue weighted by Gasteiger charge is -2.24. The second-order valence-electron chi connectivity index (χ2n) is 6.58. The van der Waals surface area contributed by atoms with Crippen LogP contribution in [-0.4, -0.2) is 26.3 Å². The lowest BCUT2D eigenvalue weighted by atomic mass is 10.1. The van der Waals surface area contributed by atoms with E-state index < -0.39 is 10.0 Å². The Morgan fingerprint density at radius 1 is 1.10 bits per heavy atom. The minimum Gasteiger partial charge on any atom is -0.496 e. The molecule has 0 aliphatic heterocycles. The molecule has 1 aromatic heterocycles. The Morgan fingerprint density at radius 3 is 2.52 bits per heavy atom. The number of nitrogens with two attached hydrogens (primary N) is 1. The predicted octanol–water partition coefficient (Wildman–Crippen LogP) is 3.56. The molecule has 0 aliphatic rings. The highest BCUT2D eigenvalue weighted by Gasteiger charge is 2.21. The molecule has 1 amide bonds. The van der Waals surface area contributed by atoms with Gasteiger partial charge in [-0.15, -0.1) is 11.3 Å². The van der Waals surface area contributed by atoms with Gasteiger partial charge in [0.05, 0.1) is 25.1 Å². The van der Waals surface area contributed by atoms with Crippen molar-refractivity contribution in [3.8, 4) is 5.75 Å². The minimum atomic E-state index is -3.92. The fourth-order valence-corrected chi connectivity index (χ4v) is 4.58. The van der Waals surface area contributed by atoms with Crippen molar-refractivity contribution in [3.05, 3.63) is 81.5 Å². The number of hydrogen-bond acceptors (Lipinski definition) is 5. The highest BCUT2D eigenvalue weighted by molar-refractivity contribution is 7.89. The van der Waals surface area contributed by atoms with Gasteiger partial charge in [0, 0.05) is 16.0 Å². The van der Waals surface area contributed by atoms with Crippen LogP contribution in [0, 0.1) is 6.92 Å². The fraction of sp³-hybridized carbons (Fsp3) is 0.190. The van der Waals surface area contributed by atoms with E-state index in [1.807, 2.05) is 41.8 Å². The van der Waals surface area contributed by atoms with Gasteiger partial charge in [0.2, 0.25) is 10.0 Å². The third-order valence-electron chi connectivity index (χ3n) is 4.51. The van der Waals surface area contributed by atoms with Gasteiger partial charge in [-0.25, -0.2) is 13.6 Å². The van der Waals surface area contributed by atoms with Crippen LogP contribution in [0.25, 0.3) is 0 Å². The SMILES string of the molecule is COc1ccccc1CN(Cc1cccs1)C(=O)c1ccc(C)c(S(N)(=O)=O)c1. The number of benzene rings is 2.